The first-order valence-electron chi connectivity index (χ1n) is 9.01. The Hall–Kier alpha value is -1.63. The molecule has 2 rings (SSSR count). The zero-order valence-corrected chi connectivity index (χ0v) is 16.8. The van der Waals surface area contributed by atoms with Gasteiger partial charge in [-0.05, 0) is 24.1 Å². The Kier molecular flexibility index (Phi) is 7.94. The predicted octanol–water partition coefficient (Wildman–Crippen LogP) is 1.14. The van der Waals surface area contributed by atoms with Crippen molar-refractivity contribution >= 4 is 23.3 Å². The number of rotatable bonds is 6. The number of hydrogen-bond donors (Lipinski definition) is 5. The number of halogens is 4. The van der Waals surface area contributed by atoms with E-state index in [1.165, 1.54) is 0 Å². The molecule has 0 aliphatic carbocycles. The Morgan fingerprint density at radius 2 is 1.87 bits per heavy atom. The van der Waals surface area contributed by atoms with E-state index >= 15 is 0 Å². The van der Waals surface area contributed by atoms with Gasteiger partial charge in [-0.1, -0.05) is 25.4 Å². The maximum atomic E-state index is 12.8. The van der Waals surface area contributed by atoms with E-state index in [1.54, 1.807) is 13.8 Å². The number of aliphatic hydroxyl groups is 4. The molecule has 0 spiro atoms. The second-order valence-corrected chi connectivity index (χ2v) is 7.60. The summed E-state index contributed by atoms with van der Waals surface area (Å²) in [5, 5.41) is 41.2. The van der Waals surface area contributed by atoms with E-state index in [1.807, 2.05) is 0 Å². The van der Waals surface area contributed by atoms with Crippen LogP contribution >= 0.6 is 11.6 Å². The molecule has 170 valence electrons. The quantitative estimate of drug-likeness (QED) is 0.402. The van der Waals surface area contributed by atoms with Crippen molar-refractivity contribution in [3.8, 4) is 0 Å². The maximum absolute atomic E-state index is 12.8. The summed E-state index contributed by atoms with van der Waals surface area (Å²) in [5.74, 6) is -1.38. The molecule has 1 unspecified atom stereocenters. The minimum Gasteiger partial charge on any atom is -0.431 e. The van der Waals surface area contributed by atoms with E-state index in [0.717, 1.165) is 12.1 Å². The molecule has 0 radical (unpaired) electrons. The highest BCUT2D eigenvalue weighted by Gasteiger charge is 2.46. The average Bonchev–Trinajstić information content (AvgIpc) is 2.66. The topological polar surface area (TPSA) is 128 Å². The van der Waals surface area contributed by atoms with Gasteiger partial charge < -0.3 is 35.2 Å². The van der Waals surface area contributed by atoms with Gasteiger partial charge in [-0.2, -0.15) is 13.2 Å². The minimum absolute atomic E-state index is 0.0501. The van der Waals surface area contributed by atoms with E-state index in [9.17, 15) is 38.4 Å². The van der Waals surface area contributed by atoms with Gasteiger partial charge in [0, 0.05) is 0 Å². The number of alkyl halides is 3. The Balaban J connectivity index is 2.16. The molecular weight excluding hydrogens is 435 g/mol. The lowest BCUT2D eigenvalue weighted by Gasteiger charge is -2.39. The van der Waals surface area contributed by atoms with Crippen LogP contribution in [0.25, 0.3) is 0 Å². The second-order valence-electron chi connectivity index (χ2n) is 7.19. The summed E-state index contributed by atoms with van der Waals surface area (Å²) in [4.78, 5) is 12.6. The SMILES string of the molecule is CC(C)C(Nc1ccc(C(F)(F)F)cc1Cl)C(=O)O[C@@H]1O[C@H](CO)[C@@H](O)[C@H](O)[C@H]1O. The summed E-state index contributed by atoms with van der Waals surface area (Å²) in [6, 6.07) is 1.48. The number of carbonyl (C=O) groups is 1. The van der Waals surface area contributed by atoms with Crippen LogP contribution in [-0.4, -0.2) is 69.8 Å². The standard InChI is InChI=1S/C18H23ClF3NO7/c1-7(2)12(23-10-4-3-8(5-9(10)19)18(20,21)22)16(28)30-17-15(27)14(26)13(25)11(6-24)29-17/h3-5,7,11-15,17,23-27H,6H2,1-2H3/t11-,12?,13-,14+,15-,17+/m1/s1. The molecule has 1 heterocycles. The van der Waals surface area contributed by atoms with E-state index in [2.05, 4.69) is 5.32 Å². The lowest BCUT2D eigenvalue weighted by atomic mass is 9.99. The van der Waals surface area contributed by atoms with Gasteiger partial charge in [0.15, 0.2) is 0 Å². The van der Waals surface area contributed by atoms with Crippen LogP contribution in [0.2, 0.25) is 5.02 Å². The highest BCUT2D eigenvalue weighted by atomic mass is 35.5. The van der Waals surface area contributed by atoms with Crippen LogP contribution in [0.15, 0.2) is 18.2 Å². The third-order valence-corrected chi connectivity index (χ3v) is 4.92. The molecule has 1 aromatic rings. The molecule has 1 aromatic carbocycles. The summed E-state index contributed by atoms with van der Waals surface area (Å²) in [6.07, 6.45) is -12.7. The summed E-state index contributed by atoms with van der Waals surface area (Å²) >= 11 is 5.91. The van der Waals surface area contributed by atoms with Gasteiger partial charge in [-0.15, -0.1) is 0 Å². The maximum Gasteiger partial charge on any atom is 0.416 e. The van der Waals surface area contributed by atoms with Crippen molar-refractivity contribution in [2.75, 3.05) is 11.9 Å². The number of anilines is 1. The highest BCUT2D eigenvalue weighted by Crippen LogP contribution is 2.34. The average molecular weight is 458 g/mol. The summed E-state index contributed by atoms with van der Waals surface area (Å²) in [6.45, 7) is 2.56. The van der Waals surface area contributed by atoms with E-state index in [-0.39, 0.29) is 10.7 Å². The number of esters is 1. The first kappa shape index (κ1) is 24.6. The Bertz CT molecular complexity index is 747. The largest absolute Gasteiger partial charge is 0.431 e. The Labute approximate surface area is 175 Å². The molecular formula is C18H23ClF3NO7. The van der Waals surface area contributed by atoms with Gasteiger partial charge in [0.1, 0.15) is 30.5 Å². The van der Waals surface area contributed by atoms with Gasteiger partial charge in [0.05, 0.1) is 22.9 Å². The zero-order valence-electron chi connectivity index (χ0n) is 16.0. The highest BCUT2D eigenvalue weighted by molar-refractivity contribution is 6.33. The molecule has 1 aliphatic rings. The van der Waals surface area contributed by atoms with Gasteiger partial charge in [-0.25, -0.2) is 4.79 Å². The van der Waals surface area contributed by atoms with Crippen LogP contribution in [-0.2, 0) is 20.4 Å². The molecule has 0 amide bonds. The monoisotopic (exact) mass is 457 g/mol. The molecule has 30 heavy (non-hydrogen) atoms. The summed E-state index contributed by atoms with van der Waals surface area (Å²) in [5.41, 5.74) is -0.905. The van der Waals surface area contributed by atoms with Crippen LogP contribution in [0.1, 0.15) is 19.4 Å². The zero-order chi connectivity index (χ0) is 22.8. The normalized spacial score (nSPS) is 28.3. The van der Waals surface area contributed by atoms with E-state index in [0.29, 0.717) is 6.07 Å². The molecule has 6 atom stereocenters. The third-order valence-electron chi connectivity index (χ3n) is 4.61. The van der Waals surface area contributed by atoms with Crippen molar-refractivity contribution in [2.45, 2.75) is 56.8 Å². The molecule has 0 aromatic heterocycles. The number of ether oxygens (including phenoxy) is 2. The Morgan fingerprint density at radius 3 is 2.37 bits per heavy atom. The number of nitrogens with one attached hydrogen (secondary N) is 1. The first-order valence-corrected chi connectivity index (χ1v) is 9.39. The van der Waals surface area contributed by atoms with Crippen LogP contribution in [0.3, 0.4) is 0 Å². The van der Waals surface area contributed by atoms with Crippen LogP contribution in [0, 0.1) is 5.92 Å². The van der Waals surface area contributed by atoms with Gasteiger partial charge in [0.25, 0.3) is 0 Å². The van der Waals surface area contributed by atoms with Gasteiger partial charge in [0.2, 0.25) is 6.29 Å². The molecule has 12 heteroatoms. The van der Waals surface area contributed by atoms with Gasteiger partial charge in [-0.3, -0.25) is 0 Å². The van der Waals surface area contributed by atoms with Crippen LogP contribution in [0.4, 0.5) is 18.9 Å². The molecule has 1 fully saturated rings. The molecule has 0 saturated carbocycles. The number of hydrogen-bond acceptors (Lipinski definition) is 8. The molecule has 8 nitrogen and oxygen atoms in total. The van der Waals surface area contributed by atoms with E-state index in [4.69, 9.17) is 21.1 Å². The molecule has 5 N–H and O–H groups in total. The van der Waals surface area contributed by atoms with Crippen molar-refractivity contribution in [3.63, 3.8) is 0 Å². The fourth-order valence-corrected chi connectivity index (χ4v) is 3.06. The second kappa shape index (κ2) is 9.67. The van der Waals surface area contributed by atoms with Crippen LogP contribution in [0.5, 0.6) is 0 Å². The molecule has 1 saturated heterocycles. The smallest absolute Gasteiger partial charge is 0.416 e. The van der Waals surface area contributed by atoms with Crippen molar-refractivity contribution < 1.29 is 47.9 Å². The first-order chi connectivity index (χ1) is 13.9. The van der Waals surface area contributed by atoms with Crippen molar-refractivity contribution in [2.24, 2.45) is 5.92 Å². The fourth-order valence-electron chi connectivity index (χ4n) is 2.83. The number of benzene rings is 1. The molecule has 0 bridgehead atoms. The van der Waals surface area contributed by atoms with Crippen molar-refractivity contribution in [1.29, 1.82) is 0 Å². The third kappa shape index (κ3) is 5.54. The lowest BCUT2D eigenvalue weighted by Crippen LogP contribution is -2.60. The van der Waals surface area contributed by atoms with Crippen LogP contribution < -0.4 is 5.32 Å². The predicted molar refractivity (Wildman–Crippen MR) is 98.6 cm³/mol. The van der Waals surface area contributed by atoms with Crippen molar-refractivity contribution in [1.82, 2.24) is 0 Å². The van der Waals surface area contributed by atoms with Gasteiger partial charge >= 0.3 is 12.1 Å². The lowest BCUT2D eigenvalue weighted by molar-refractivity contribution is -0.293. The number of aliphatic hydroxyl groups excluding tert-OH is 4. The molecule has 1 aliphatic heterocycles. The Morgan fingerprint density at radius 1 is 1.23 bits per heavy atom. The number of carbonyl (C=O) groups excluding carboxylic acids is 1. The van der Waals surface area contributed by atoms with E-state index < -0.39 is 67.0 Å². The minimum atomic E-state index is -4.58. The summed E-state index contributed by atoms with van der Waals surface area (Å²) < 4.78 is 48.6. The fraction of sp³-hybridized carbons (Fsp3) is 0.611. The van der Waals surface area contributed by atoms with Crippen molar-refractivity contribution in [3.05, 3.63) is 28.8 Å². The summed E-state index contributed by atoms with van der Waals surface area (Å²) in [7, 11) is 0.